The van der Waals surface area contributed by atoms with Gasteiger partial charge in [-0.05, 0) is 63.6 Å². The summed E-state index contributed by atoms with van der Waals surface area (Å²) in [6, 6.07) is 5.19. The molecule has 0 unspecified atom stereocenters. The van der Waals surface area contributed by atoms with E-state index in [1.54, 1.807) is 26.8 Å². The Hall–Kier alpha value is -3.05. The molecule has 3 amide bonds. The molecule has 1 aliphatic heterocycles. The number of fused-ring (bicyclic) bond motifs is 1. The molecule has 5 N–H and O–H groups in total. The number of amides is 3. The lowest BCUT2D eigenvalue weighted by Crippen LogP contribution is -2.61. The van der Waals surface area contributed by atoms with Crippen LogP contribution in [0.3, 0.4) is 0 Å². The van der Waals surface area contributed by atoms with Crippen LogP contribution >= 0.6 is 11.6 Å². The van der Waals surface area contributed by atoms with Gasteiger partial charge in [-0.1, -0.05) is 56.7 Å². The number of carbonyl (C=O) groups is 3. The van der Waals surface area contributed by atoms with Gasteiger partial charge in [-0.2, -0.15) is 0 Å². The maximum Gasteiger partial charge on any atom is 0.258 e. The molecular weight excluding hydrogens is 546 g/mol. The van der Waals surface area contributed by atoms with Crippen LogP contribution in [0, 0.1) is 11.3 Å². The standard InChI is InChI=1S/C30H42ClN5O5/c1-7-20-16-22(31)21-11-10-19(15-24(21)33-20)12-13-30(5,6)29(41)34-25(17(2)3)26(37)32-18(4)27(38)36-14-8-9-23(35-36)28(39)40/h10-13,15-18,23,25,28,35,39-40H,7-9,14H2,1-6H3,(H,32,37)(H,34,41)/b13-12+/t18-,23-,25-/m0/s1. The summed E-state index contributed by atoms with van der Waals surface area (Å²) in [5, 5.41) is 27.3. The number of hydrogen-bond acceptors (Lipinski definition) is 7. The minimum Gasteiger partial charge on any atom is -0.367 e. The highest BCUT2D eigenvalue weighted by molar-refractivity contribution is 6.35. The number of nitrogens with zero attached hydrogens (tertiary/aromatic N) is 2. The van der Waals surface area contributed by atoms with E-state index in [-0.39, 0.29) is 11.8 Å². The Bertz CT molecular complexity index is 1300. The summed E-state index contributed by atoms with van der Waals surface area (Å²) in [4.78, 5) is 44.0. The molecule has 2 heterocycles. The molecule has 224 valence electrons. The van der Waals surface area contributed by atoms with Gasteiger partial charge in [-0.25, -0.2) is 5.43 Å². The highest BCUT2D eigenvalue weighted by Crippen LogP contribution is 2.26. The van der Waals surface area contributed by atoms with E-state index in [2.05, 4.69) is 21.0 Å². The van der Waals surface area contributed by atoms with Crippen molar-refractivity contribution in [2.75, 3.05) is 6.54 Å². The van der Waals surface area contributed by atoms with Gasteiger partial charge >= 0.3 is 0 Å². The van der Waals surface area contributed by atoms with Crippen molar-refractivity contribution in [3.63, 3.8) is 0 Å². The highest BCUT2D eigenvalue weighted by atomic mass is 35.5. The van der Waals surface area contributed by atoms with Crippen LogP contribution in [0.1, 0.15) is 65.6 Å². The van der Waals surface area contributed by atoms with E-state index in [1.165, 1.54) is 5.01 Å². The number of halogens is 1. The first-order valence-corrected chi connectivity index (χ1v) is 14.4. The van der Waals surface area contributed by atoms with Crippen molar-refractivity contribution in [1.29, 1.82) is 0 Å². The third-order valence-corrected chi connectivity index (χ3v) is 7.60. The zero-order valence-corrected chi connectivity index (χ0v) is 25.3. The van der Waals surface area contributed by atoms with E-state index in [0.29, 0.717) is 24.4 Å². The number of hydrazine groups is 1. The number of hydrogen-bond donors (Lipinski definition) is 5. The van der Waals surface area contributed by atoms with Crippen molar-refractivity contribution in [1.82, 2.24) is 26.1 Å². The number of aryl methyl sites for hydroxylation is 1. The van der Waals surface area contributed by atoms with Gasteiger partial charge in [0, 0.05) is 17.6 Å². The first-order valence-electron chi connectivity index (χ1n) is 14.1. The molecule has 0 radical (unpaired) electrons. The van der Waals surface area contributed by atoms with Crippen molar-refractivity contribution < 1.29 is 24.6 Å². The van der Waals surface area contributed by atoms with Crippen LogP contribution < -0.4 is 16.1 Å². The molecule has 1 fully saturated rings. The number of pyridine rings is 1. The average molecular weight is 588 g/mol. The fourth-order valence-electron chi connectivity index (χ4n) is 4.57. The molecule has 1 aromatic carbocycles. The molecule has 11 heteroatoms. The van der Waals surface area contributed by atoms with Crippen LogP contribution in [0.2, 0.25) is 5.02 Å². The van der Waals surface area contributed by atoms with Crippen LogP contribution in [0.15, 0.2) is 30.3 Å². The number of aliphatic hydroxyl groups excluding tert-OH is 1. The molecule has 41 heavy (non-hydrogen) atoms. The van der Waals surface area contributed by atoms with Crippen LogP contribution in [0.5, 0.6) is 0 Å². The summed E-state index contributed by atoms with van der Waals surface area (Å²) in [5.74, 6) is -1.46. The SMILES string of the molecule is CCc1cc(Cl)c2ccc(/C=C/C(C)(C)C(=O)N[C@H](C(=O)N[C@@H](C)C(=O)N3CCC[C@@H](C(O)O)N3)C(C)C)cc2n1. The van der Waals surface area contributed by atoms with Crippen LogP contribution in [-0.4, -0.2) is 68.9 Å². The molecule has 1 aromatic heterocycles. The van der Waals surface area contributed by atoms with Gasteiger partial charge in [0.1, 0.15) is 12.1 Å². The number of rotatable bonds is 10. The molecule has 0 saturated carbocycles. The van der Waals surface area contributed by atoms with E-state index in [9.17, 15) is 24.6 Å². The Morgan fingerprint density at radius 1 is 1.20 bits per heavy atom. The molecule has 3 atom stereocenters. The summed E-state index contributed by atoms with van der Waals surface area (Å²) >= 11 is 6.40. The van der Waals surface area contributed by atoms with Crippen molar-refractivity contribution >= 4 is 46.3 Å². The fraction of sp³-hybridized carbons (Fsp3) is 0.533. The smallest absolute Gasteiger partial charge is 0.258 e. The Balaban J connectivity index is 1.66. The summed E-state index contributed by atoms with van der Waals surface area (Å²) in [7, 11) is 0. The van der Waals surface area contributed by atoms with Gasteiger partial charge in [0.05, 0.1) is 22.0 Å². The Labute approximate surface area is 246 Å². The van der Waals surface area contributed by atoms with Crippen LogP contribution in [-0.2, 0) is 20.8 Å². The van der Waals surface area contributed by atoms with Gasteiger partial charge < -0.3 is 20.8 Å². The maximum atomic E-state index is 13.3. The lowest BCUT2D eigenvalue weighted by molar-refractivity contribution is -0.147. The lowest BCUT2D eigenvalue weighted by Gasteiger charge is -2.36. The topological polar surface area (TPSA) is 144 Å². The summed E-state index contributed by atoms with van der Waals surface area (Å²) in [6.07, 6.45) is 3.91. The summed E-state index contributed by atoms with van der Waals surface area (Å²) < 4.78 is 0. The second kappa shape index (κ2) is 13.7. The maximum absolute atomic E-state index is 13.3. The molecule has 0 spiro atoms. The molecule has 0 bridgehead atoms. The zero-order valence-electron chi connectivity index (χ0n) is 24.6. The predicted molar refractivity (Wildman–Crippen MR) is 159 cm³/mol. The number of aromatic nitrogens is 1. The largest absolute Gasteiger partial charge is 0.367 e. The fourth-order valence-corrected chi connectivity index (χ4v) is 4.85. The Morgan fingerprint density at radius 3 is 2.54 bits per heavy atom. The molecule has 3 rings (SSSR count). The quantitative estimate of drug-likeness (QED) is 0.269. The van der Waals surface area contributed by atoms with E-state index in [1.807, 2.05) is 51.1 Å². The van der Waals surface area contributed by atoms with E-state index < -0.39 is 41.6 Å². The first kappa shape index (κ1) is 32.5. The number of carbonyl (C=O) groups excluding carboxylic acids is 3. The second-order valence-electron chi connectivity index (χ2n) is 11.5. The van der Waals surface area contributed by atoms with Crippen molar-refractivity contribution in [2.24, 2.45) is 11.3 Å². The lowest BCUT2D eigenvalue weighted by atomic mass is 9.89. The molecule has 2 aromatic rings. The minimum atomic E-state index is -1.60. The van der Waals surface area contributed by atoms with E-state index >= 15 is 0 Å². The zero-order chi connectivity index (χ0) is 30.5. The average Bonchev–Trinajstić information content (AvgIpc) is 2.93. The first-order chi connectivity index (χ1) is 19.2. The minimum absolute atomic E-state index is 0.243. The van der Waals surface area contributed by atoms with Gasteiger partial charge in [0.25, 0.3) is 5.91 Å². The normalized spacial score (nSPS) is 17.7. The van der Waals surface area contributed by atoms with Gasteiger partial charge in [-0.3, -0.25) is 24.4 Å². The van der Waals surface area contributed by atoms with Crippen LogP contribution in [0.25, 0.3) is 17.0 Å². The number of nitrogens with one attached hydrogen (secondary N) is 3. The summed E-state index contributed by atoms with van der Waals surface area (Å²) in [5.41, 5.74) is 4.40. The highest BCUT2D eigenvalue weighted by Gasteiger charge is 2.34. The molecule has 1 saturated heterocycles. The van der Waals surface area contributed by atoms with Gasteiger partial charge in [0.15, 0.2) is 6.29 Å². The monoisotopic (exact) mass is 587 g/mol. The molecule has 0 aliphatic carbocycles. The van der Waals surface area contributed by atoms with E-state index in [4.69, 9.17) is 11.6 Å². The Kier molecular flexibility index (Phi) is 10.9. The number of aliphatic hydroxyl groups is 2. The third kappa shape index (κ3) is 8.25. The van der Waals surface area contributed by atoms with E-state index in [0.717, 1.165) is 28.6 Å². The van der Waals surface area contributed by atoms with Gasteiger partial charge in [0.2, 0.25) is 11.8 Å². The predicted octanol–water partition coefficient (Wildman–Crippen LogP) is 2.94. The molecule has 1 aliphatic rings. The Morgan fingerprint density at radius 2 is 1.90 bits per heavy atom. The summed E-state index contributed by atoms with van der Waals surface area (Å²) in [6.45, 7) is 11.1. The van der Waals surface area contributed by atoms with Gasteiger partial charge in [-0.15, -0.1) is 0 Å². The van der Waals surface area contributed by atoms with Crippen molar-refractivity contribution in [2.45, 2.75) is 85.2 Å². The molecule has 10 nitrogen and oxygen atoms in total. The van der Waals surface area contributed by atoms with Crippen molar-refractivity contribution in [3.8, 4) is 0 Å². The third-order valence-electron chi connectivity index (χ3n) is 7.29. The molecular formula is C30H42ClN5O5. The number of benzene rings is 1. The van der Waals surface area contributed by atoms with Crippen LogP contribution in [0.4, 0.5) is 0 Å². The van der Waals surface area contributed by atoms with Crippen molar-refractivity contribution in [3.05, 3.63) is 46.6 Å². The second-order valence-corrected chi connectivity index (χ2v) is 11.9.